The van der Waals surface area contributed by atoms with Crippen LogP contribution in [0.3, 0.4) is 0 Å². The van der Waals surface area contributed by atoms with Crippen LogP contribution in [0.4, 0.5) is 0 Å². The molecule has 0 bridgehead atoms. The molecule has 0 fully saturated rings. The van der Waals surface area contributed by atoms with Crippen LogP contribution in [-0.2, 0) is 25.3 Å². The van der Waals surface area contributed by atoms with Crippen LogP contribution in [0, 0.1) is 13.8 Å². The van der Waals surface area contributed by atoms with Crippen LogP contribution in [0.5, 0.6) is 0 Å². The lowest BCUT2D eigenvalue weighted by molar-refractivity contribution is -0.684. The third-order valence-corrected chi connectivity index (χ3v) is 2.62. The molecule has 0 spiro atoms. The summed E-state index contributed by atoms with van der Waals surface area (Å²) in [6, 6.07) is 0. The molecule has 0 aliphatic rings. The van der Waals surface area contributed by atoms with Crippen molar-refractivity contribution in [3.63, 3.8) is 0 Å². The van der Waals surface area contributed by atoms with E-state index in [9.17, 15) is 4.79 Å². The van der Waals surface area contributed by atoms with Gasteiger partial charge in [-0.1, -0.05) is 0 Å². The van der Waals surface area contributed by atoms with Gasteiger partial charge in [-0.25, -0.2) is 9.13 Å². The normalized spacial score (nSPS) is 10.5. The maximum atomic E-state index is 10.6. The van der Waals surface area contributed by atoms with Gasteiger partial charge in [-0.2, -0.15) is 0 Å². The van der Waals surface area contributed by atoms with Crippen molar-refractivity contribution in [2.75, 3.05) is 0 Å². The van der Waals surface area contributed by atoms with Crippen LogP contribution in [-0.4, -0.2) is 15.6 Å². The van der Waals surface area contributed by atoms with Crippen LogP contribution in [0.1, 0.15) is 17.2 Å². The van der Waals surface area contributed by atoms with E-state index in [0.29, 0.717) is 0 Å². The summed E-state index contributed by atoms with van der Waals surface area (Å²) in [7, 11) is 3.83. The molecule has 4 nitrogen and oxygen atoms in total. The Morgan fingerprint density at radius 1 is 1.54 bits per heavy atom. The smallest absolute Gasteiger partial charge is 0.311 e. The highest BCUT2D eigenvalue weighted by Gasteiger charge is 2.21. The van der Waals surface area contributed by atoms with Crippen LogP contribution in [0.2, 0.25) is 0 Å². The number of nitrogens with zero attached hydrogens (tertiary/aromatic N) is 2. The highest BCUT2D eigenvalue weighted by atomic mass is 16.4. The van der Waals surface area contributed by atoms with Crippen molar-refractivity contribution >= 4 is 5.97 Å². The molecule has 0 aliphatic heterocycles. The number of aliphatic carboxylic acids is 1. The highest BCUT2D eigenvalue weighted by Crippen LogP contribution is 2.06. The first-order valence-electron chi connectivity index (χ1n) is 4.17. The van der Waals surface area contributed by atoms with E-state index < -0.39 is 5.97 Å². The van der Waals surface area contributed by atoms with Crippen molar-refractivity contribution in [1.29, 1.82) is 0 Å². The zero-order valence-corrected chi connectivity index (χ0v) is 8.46. The SMILES string of the molecule is Cc1c(CC(=O)O)[n+](C)c(C)n1C. The fourth-order valence-corrected chi connectivity index (χ4v) is 1.49. The molecule has 0 unspecified atom stereocenters. The van der Waals surface area contributed by atoms with Crippen molar-refractivity contribution in [2.24, 2.45) is 14.1 Å². The first-order chi connectivity index (χ1) is 5.95. The Kier molecular flexibility index (Phi) is 2.40. The van der Waals surface area contributed by atoms with E-state index in [1.807, 2.05) is 37.1 Å². The van der Waals surface area contributed by atoms with Crippen molar-refractivity contribution in [3.8, 4) is 0 Å². The van der Waals surface area contributed by atoms with Gasteiger partial charge in [0, 0.05) is 13.8 Å². The second kappa shape index (κ2) is 3.20. The van der Waals surface area contributed by atoms with Crippen molar-refractivity contribution in [2.45, 2.75) is 20.3 Å². The molecule has 1 N–H and O–H groups in total. The van der Waals surface area contributed by atoms with Gasteiger partial charge in [0.2, 0.25) is 0 Å². The Morgan fingerprint density at radius 3 is 2.38 bits per heavy atom. The van der Waals surface area contributed by atoms with Gasteiger partial charge >= 0.3 is 5.97 Å². The lowest BCUT2D eigenvalue weighted by Gasteiger charge is -1.92. The summed E-state index contributed by atoms with van der Waals surface area (Å²) in [6.45, 7) is 3.91. The lowest BCUT2D eigenvalue weighted by atomic mass is 10.2. The molecule has 0 aromatic carbocycles. The molecular weight excluding hydrogens is 168 g/mol. The molecule has 1 aromatic heterocycles. The largest absolute Gasteiger partial charge is 0.481 e. The maximum absolute atomic E-state index is 10.6. The topological polar surface area (TPSA) is 46.1 Å². The standard InChI is InChI=1S/C9H14N2O2/c1-6-8(5-9(12)13)11(4)7(2)10(6)3/h5H2,1-4H3/p+1. The molecular formula is C9H15N2O2+. The minimum absolute atomic E-state index is 0.0873. The highest BCUT2D eigenvalue weighted by molar-refractivity contribution is 5.69. The first kappa shape index (κ1) is 9.77. The van der Waals surface area contributed by atoms with Gasteiger partial charge in [-0.05, 0) is 0 Å². The Balaban J connectivity index is 3.21. The summed E-state index contributed by atoms with van der Waals surface area (Å²) in [5, 5.41) is 8.69. The average Bonchev–Trinajstić information content (AvgIpc) is 2.22. The Hall–Kier alpha value is -1.32. The Morgan fingerprint density at radius 2 is 2.08 bits per heavy atom. The molecule has 13 heavy (non-hydrogen) atoms. The fourth-order valence-electron chi connectivity index (χ4n) is 1.49. The van der Waals surface area contributed by atoms with Gasteiger partial charge < -0.3 is 5.11 Å². The van der Waals surface area contributed by atoms with Crippen LogP contribution < -0.4 is 4.57 Å². The number of carboxylic acid groups (broad SMARTS) is 1. The van der Waals surface area contributed by atoms with E-state index in [0.717, 1.165) is 17.2 Å². The molecule has 1 rings (SSSR count). The molecule has 0 radical (unpaired) electrons. The van der Waals surface area contributed by atoms with Crippen molar-refractivity contribution in [1.82, 2.24) is 4.57 Å². The van der Waals surface area contributed by atoms with Gasteiger partial charge in [0.25, 0.3) is 5.82 Å². The van der Waals surface area contributed by atoms with E-state index in [-0.39, 0.29) is 6.42 Å². The zero-order valence-electron chi connectivity index (χ0n) is 8.46. The lowest BCUT2D eigenvalue weighted by Crippen LogP contribution is -2.35. The summed E-state index contributed by atoms with van der Waals surface area (Å²) in [6.07, 6.45) is 0.0873. The molecule has 0 saturated heterocycles. The molecule has 1 aromatic rings. The minimum Gasteiger partial charge on any atom is -0.481 e. The second-order valence-corrected chi connectivity index (χ2v) is 3.27. The quantitative estimate of drug-likeness (QED) is 0.661. The maximum Gasteiger partial charge on any atom is 0.311 e. The van der Waals surface area contributed by atoms with Crippen LogP contribution >= 0.6 is 0 Å². The number of carbonyl (C=O) groups is 1. The summed E-state index contributed by atoms with van der Waals surface area (Å²) < 4.78 is 3.92. The van der Waals surface area contributed by atoms with E-state index in [1.165, 1.54) is 0 Å². The second-order valence-electron chi connectivity index (χ2n) is 3.27. The summed E-state index contributed by atoms with van der Waals surface area (Å²) in [5.74, 6) is 0.276. The van der Waals surface area contributed by atoms with Gasteiger partial charge in [-0.15, -0.1) is 0 Å². The fraction of sp³-hybridized carbons (Fsp3) is 0.556. The molecule has 0 aliphatic carbocycles. The number of carboxylic acids is 1. The molecule has 4 heteroatoms. The van der Waals surface area contributed by atoms with E-state index in [2.05, 4.69) is 0 Å². The summed E-state index contributed by atoms with van der Waals surface area (Å²) >= 11 is 0. The van der Waals surface area contributed by atoms with Gasteiger partial charge in [0.1, 0.15) is 12.1 Å². The third-order valence-electron chi connectivity index (χ3n) is 2.62. The molecule has 72 valence electrons. The van der Waals surface area contributed by atoms with E-state index in [1.54, 1.807) is 0 Å². The first-order valence-corrected chi connectivity index (χ1v) is 4.17. The zero-order chi connectivity index (χ0) is 10.2. The minimum atomic E-state index is -0.788. The van der Waals surface area contributed by atoms with Crippen molar-refractivity contribution < 1.29 is 14.5 Å². The number of hydrogen-bond donors (Lipinski definition) is 1. The molecule has 0 saturated carbocycles. The number of hydrogen-bond acceptors (Lipinski definition) is 1. The van der Waals surface area contributed by atoms with Crippen LogP contribution in [0.15, 0.2) is 0 Å². The van der Waals surface area contributed by atoms with Crippen molar-refractivity contribution in [3.05, 3.63) is 17.2 Å². The van der Waals surface area contributed by atoms with Gasteiger partial charge in [0.15, 0.2) is 5.69 Å². The van der Waals surface area contributed by atoms with E-state index >= 15 is 0 Å². The number of imidazole rings is 1. The predicted molar refractivity (Wildman–Crippen MR) is 47.4 cm³/mol. The predicted octanol–water partition coefficient (Wildman–Crippen LogP) is 0.0935. The Bertz CT molecular complexity index is 327. The Labute approximate surface area is 77.4 Å². The number of rotatable bonds is 2. The van der Waals surface area contributed by atoms with Gasteiger partial charge in [0.05, 0.1) is 14.1 Å². The summed E-state index contributed by atoms with van der Waals surface area (Å²) in [5.41, 5.74) is 1.88. The monoisotopic (exact) mass is 183 g/mol. The van der Waals surface area contributed by atoms with Gasteiger partial charge in [-0.3, -0.25) is 4.79 Å². The third kappa shape index (κ3) is 1.56. The number of aromatic nitrogens is 2. The van der Waals surface area contributed by atoms with E-state index in [4.69, 9.17) is 5.11 Å². The molecule has 0 amide bonds. The average molecular weight is 183 g/mol. The molecule has 0 atom stereocenters. The summed E-state index contributed by atoms with van der Waals surface area (Å²) in [4.78, 5) is 10.6. The molecule has 1 heterocycles. The van der Waals surface area contributed by atoms with Crippen LogP contribution in [0.25, 0.3) is 0 Å².